The summed E-state index contributed by atoms with van der Waals surface area (Å²) < 4.78 is 35.9. The number of anilines is 1. The molecule has 1 aromatic rings. The van der Waals surface area contributed by atoms with Gasteiger partial charge in [0, 0.05) is 25.1 Å². The zero-order valence-corrected chi connectivity index (χ0v) is 12.3. The van der Waals surface area contributed by atoms with Crippen molar-refractivity contribution in [1.29, 1.82) is 0 Å². The number of carbonyl (C=O) groups excluding carboxylic acids is 1. The molecule has 0 unspecified atom stereocenters. The van der Waals surface area contributed by atoms with Crippen molar-refractivity contribution < 1.29 is 18.0 Å². The Labute approximate surface area is 126 Å². The van der Waals surface area contributed by atoms with Crippen LogP contribution in [-0.4, -0.2) is 30.2 Å². The van der Waals surface area contributed by atoms with Crippen LogP contribution < -0.4 is 10.6 Å². The van der Waals surface area contributed by atoms with Crippen molar-refractivity contribution in [3.05, 3.63) is 22.8 Å². The molecule has 0 aliphatic heterocycles. The van der Waals surface area contributed by atoms with E-state index in [-0.39, 0.29) is 23.7 Å². The number of hydrogen-bond acceptors (Lipinski definition) is 3. The van der Waals surface area contributed by atoms with Crippen molar-refractivity contribution in [3.63, 3.8) is 0 Å². The lowest BCUT2D eigenvalue weighted by atomic mass is 10.2. The molecule has 1 rings (SSSR count). The molecule has 0 fully saturated rings. The van der Waals surface area contributed by atoms with E-state index in [1.54, 1.807) is 0 Å². The first kappa shape index (κ1) is 17.6. The van der Waals surface area contributed by atoms with Crippen LogP contribution in [-0.2, 0) is 0 Å². The molecule has 21 heavy (non-hydrogen) atoms. The average molecular weight is 324 g/mol. The zero-order valence-electron chi connectivity index (χ0n) is 11.6. The topological polar surface area (TPSA) is 54.0 Å². The molecule has 0 saturated heterocycles. The summed E-state index contributed by atoms with van der Waals surface area (Å²) in [5.41, 5.74) is 0.264. The number of alkyl halides is 3. The SMILES string of the molecule is CCCNc1cc(C(=O)NCCCC(F)(F)F)cc(Cl)n1. The van der Waals surface area contributed by atoms with E-state index in [0.717, 1.165) is 6.42 Å². The molecular formula is C13H17ClF3N3O. The third-order valence-electron chi connectivity index (χ3n) is 2.53. The highest BCUT2D eigenvalue weighted by Crippen LogP contribution is 2.20. The van der Waals surface area contributed by atoms with Gasteiger partial charge in [-0.3, -0.25) is 4.79 Å². The number of carbonyl (C=O) groups is 1. The highest BCUT2D eigenvalue weighted by Gasteiger charge is 2.26. The molecule has 8 heteroatoms. The first-order valence-electron chi connectivity index (χ1n) is 6.58. The van der Waals surface area contributed by atoms with Crippen LogP contribution in [0.2, 0.25) is 5.15 Å². The fraction of sp³-hybridized carbons (Fsp3) is 0.538. The Morgan fingerprint density at radius 2 is 2.05 bits per heavy atom. The number of pyridine rings is 1. The molecule has 0 aliphatic carbocycles. The Balaban J connectivity index is 2.55. The molecular weight excluding hydrogens is 307 g/mol. The van der Waals surface area contributed by atoms with Crippen LogP contribution in [0.4, 0.5) is 19.0 Å². The minimum absolute atomic E-state index is 0.0456. The first-order chi connectivity index (χ1) is 9.81. The van der Waals surface area contributed by atoms with Gasteiger partial charge in [-0.05, 0) is 25.0 Å². The van der Waals surface area contributed by atoms with Crippen molar-refractivity contribution in [3.8, 4) is 0 Å². The van der Waals surface area contributed by atoms with Crippen molar-refractivity contribution in [1.82, 2.24) is 10.3 Å². The summed E-state index contributed by atoms with van der Waals surface area (Å²) in [5, 5.41) is 5.57. The second-order valence-electron chi connectivity index (χ2n) is 4.47. The lowest BCUT2D eigenvalue weighted by molar-refractivity contribution is -0.135. The average Bonchev–Trinajstić information content (AvgIpc) is 2.39. The third kappa shape index (κ3) is 7.17. The third-order valence-corrected chi connectivity index (χ3v) is 2.73. The van der Waals surface area contributed by atoms with Gasteiger partial charge in [0.05, 0.1) is 0 Å². The summed E-state index contributed by atoms with van der Waals surface area (Å²) in [4.78, 5) is 15.8. The largest absolute Gasteiger partial charge is 0.389 e. The van der Waals surface area contributed by atoms with Crippen molar-refractivity contribution in [2.75, 3.05) is 18.4 Å². The minimum Gasteiger partial charge on any atom is -0.370 e. The van der Waals surface area contributed by atoms with Gasteiger partial charge < -0.3 is 10.6 Å². The van der Waals surface area contributed by atoms with E-state index < -0.39 is 18.5 Å². The molecule has 0 spiro atoms. The normalized spacial score (nSPS) is 11.3. The van der Waals surface area contributed by atoms with Crippen LogP contribution in [0.15, 0.2) is 12.1 Å². The second kappa shape index (κ2) is 8.07. The maximum Gasteiger partial charge on any atom is 0.389 e. The lowest BCUT2D eigenvalue weighted by Crippen LogP contribution is -2.25. The number of nitrogens with zero attached hydrogens (tertiary/aromatic N) is 1. The molecule has 1 aromatic heterocycles. The van der Waals surface area contributed by atoms with Gasteiger partial charge in [-0.2, -0.15) is 13.2 Å². The maximum absolute atomic E-state index is 12.0. The molecule has 2 N–H and O–H groups in total. The number of aromatic nitrogens is 1. The molecule has 0 saturated carbocycles. The Bertz CT molecular complexity index is 480. The second-order valence-corrected chi connectivity index (χ2v) is 4.85. The van der Waals surface area contributed by atoms with Gasteiger partial charge in [-0.1, -0.05) is 18.5 Å². The van der Waals surface area contributed by atoms with Gasteiger partial charge in [-0.15, -0.1) is 0 Å². The molecule has 1 heterocycles. The maximum atomic E-state index is 12.0. The summed E-state index contributed by atoms with van der Waals surface area (Å²) in [5.74, 6) is -0.00851. The molecule has 118 valence electrons. The van der Waals surface area contributed by atoms with Gasteiger partial charge in [0.2, 0.25) is 0 Å². The Kier molecular flexibility index (Phi) is 6.74. The molecule has 4 nitrogen and oxygen atoms in total. The van der Waals surface area contributed by atoms with E-state index in [1.807, 2.05) is 6.92 Å². The van der Waals surface area contributed by atoms with Gasteiger partial charge in [0.1, 0.15) is 11.0 Å². The number of rotatable bonds is 7. The number of amides is 1. The van der Waals surface area contributed by atoms with E-state index in [9.17, 15) is 18.0 Å². The van der Waals surface area contributed by atoms with Crippen LogP contribution in [0.5, 0.6) is 0 Å². The summed E-state index contributed by atoms with van der Waals surface area (Å²) in [6.45, 7) is 2.61. The smallest absolute Gasteiger partial charge is 0.370 e. The summed E-state index contributed by atoms with van der Waals surface area (Å²) >= 11 is 5.81. The Morgan fingerprint density at radius 1 is 1.33 bits per heavy atom. The standard InChI is InChI=1S/C13H17ClF3N3O/c1-2-5-18-11-8-9(7-10(14)20-11)12(21)19-6-3-4-13(15,16)17/h7-8H,2-6H2,1H3,(H,18,20)(H,19,21). The van der Waals surface area contributed by atoms with Crippen LogP contribution in [0.1, 0.15) is 36.5 Å². The van der Waals surface area contributed by atoms with Crippen molar-refractivity contribution in [2.24, 2.45) is 0 Å². The van der Waals surface area contributed by atoms with Crippen molar-refractivity contribution in [2.45, 2.75) is 32.4 Å². The molecule has 0 radical (unpaired) electrons. The van der Waals surface area contributed by atoms with E-state index in [2.05, 4.69) is 15.6 Å². The molecule has 0 bridgehead atoms. The molecule has 0 aliphatic rings. The van der Waals surface area contributed by atoms with Crippen LogP contribution in [0.3, 0.4) is 0 Å². The van der Waals surface area contributed by atoms with Gasteiger partial charge in [0.25, 0.3) is 5.91 Å². The monoisotopic (exact) mass is 323 g/mol. The van der Waals surface area contributed by atoms with Crippen LogP contribution in [0.25, 0.3) is 0 Å². The summed E-state index contributed by atoms with van der Waals surface area (Å²) in [6, 6.07) is 2.89. The predicted octanol–water partition coefficient (Wildman–Crippen LogP) is 3.63. The predicted molar refractivity (Wildman–Crippen MR) is 75.6 cm³/mol. The van der Waals surface area contributed by atoms with Gasteiger partial charge in [-0.25, -0.2) is 4.98 Å². The summed E-state index contributed by atoms with van der Waals surface area (Å²) in [7, 11) is 0. The molecule has 0 aromatic carbocycles. The fourth-order valence-electron chi connectivity index (χ4n) is 1.56. The van der Waals surface area contributed by atoms with E-state index in [0.29, 0.717) is 12.4 Å². The van der Waals surface area contributed by atoms with Crippen LogP contribution in [0, 0.1) is 0 Å². The van der Waals surface area contributed by atoms with E-state index >= 15 is 0 Å². The number of halogens is 4. The van der Waals surface area contributed by atoms with Crippen molar-refractivity contribution >= 4 is 23.3 Å². The van der Waals surface area contributed by atoms with E-state index in [1.165, 1.54) is 12.1 Å². The zero-order chi connectivity index (χ0) is 15.9. The van der Waals surface area contributed by atoms with E-state index in [4.69, 9.17) is 11.6 Å². The lowest BCUT2D eigenvalue weighted by Gasteiger charge is -2.09. The highest BCUT2D eigenvalue weighted by molar-refractivity contribution is 6.29. The first-order valence-corrected chi connectivity index (χ1v) is 6.96. The minimum atomic E-state index is -4.21. The van der Waals surface area contributed by atoms with Crippen LogP contribution >= 0.6 is 11.6 Å². The molecule has 1 amide bonds. The highest BCUT2D eigenvalue weighted by atomic mass is 35.5. The Hall–Kier alpha value is -1.50. The fourth-order valence-corrected chi connectivity index (χ4v) is 1.77. The number of hydrogen-bond donors (Lipinski definition) is 2. The summed E-state index contributed by atoms with van der Waals surface area (Å²) in [6.07, 6.45) is -4.40. The van der Waals surface area contributed by atoms with Gasteiger partial charge in [0.15, 0.2) is 0 Å². The van der Waals surface area contributed by atoms with Gasteiger partial charge >= 0.3 is 6.18 Å². The molecule has 0 atom stereocenters. The number of nitrogens with one attached hydrogen (secondary N) is 2. The Morgan fingerprint density at radius 3 is 2.67 bits per heavy atom. The quantitative estimate of drug-likeness (QED) is 0.595.